The van der Waals surface area contributed by atoms with Gasteiger partial charge in [-0.25, -0.2) is 4.39 Å². The minimum absolute atomic E-state index is 0.0805. The lowest BCUT2D eigenvalue weighted by molar-refractivity contribution is -0.157. The maximum atomic E-state index is 12.4. The third kappa shape index (κ3) is 6.81. The van der Waals surface area contributed by atoms with Crippen molar-refractivity contribution in [3.8, 4) is 11.5 Å². The van der Waals surface area contributed by atoms with Crippen LogP contribution in [0.1, 0.15) is 13.3 Å². The molecular formula is C17H22F4N2O3. The molecule has 1 saturated heterocycles. The van der Waals surface area contributed by atoms with Crippen LogP contribution in [-0.4, -0.2) is 50.3 Å². The minimum atomic E-state index is -4.39. The van der Waals surface area contributed by atoms with Gasteiger partial charge in [0.05, 0.1) is 20.5 Å². The van der Waals surface area contributed by atoms with E-state index in [4.69, 9.17) is 9.47 Å². The Hall–Kier alpha value is -2.45. The molecule has 0 spiro atoms. The summed E-state index contributed by atoms with van der Waals surface area (Å²) in [4.78, 5) is 12.8. The molecule has 5 nitrogen and oxygen atoms in total. The third-order valence-corrected chi connectivity index (χ3v) is 3.49. The van der Waals surface area contributed by atoms with Crippen molar-refractivity contribution in [2.45, 2.75) is 25.6 Å². The van der Waals surface area contributed by atoms with Crippen molar-refractivity contribution in [1.29, 1.82) is 0 Å². The summed E-state index contributed by atoms with van der Waals surface area (Å²) in [6.07, 6.45) is -2.24. The van der Waals surface area contributed by atoms with E-state index in [1.807, 2.05) is 0 Å². The van der Waals surface area contributed by atoms with Crippen LogP contribution in [0, 0.1) is 0 Å². The molecule has 0 aromatic heterocycles. The summed E-state index contributed by atoms with van der Waals surface area (Å²) in [7, 11) is 2.98. The summed E-state index contributed by atoms with van der Waals surface area (Å²) in [5, 5.41) is 2.94. The summed E-state index contributed by atoms with van der Waals surface area (Å²) in [5.41, 5.74) is 0.559. The highest BCUT2D eigenvalue weighted by Gasteiger charge is 2.39. The average molecular weight is 378 g/mol. The fourth-order valence-corrected chi connectivity index (χ4v) is 2.34. The number of halogens is 4. The molecule has 0 saturated carbocycles. The number of methoxy groups -OCH3 is 2. The third-order valence-electron chi connectivity index (χ3n) is 3.49. The van der Waals surface area contributed by atoms with Crippen molar-refractivity contribution in [3.05, 3.63) is 30.6 Å². The molecule has 1 fully saturated rings. The van der Waals surface area contributed by atoms with Gasteiger partial charge in [0.25, 0.3) is 0 Å². The van der Waals surface area contributed by atoms with Gasteiger partial charge < -0.3 is 19.7 Å². The maximum absolute atomic E-state index is 12.4. The van der Waals surface area contributed by atoms with Crippen LogP contribution in [0.4, 0.5) is 23.2 Å². The lowest BCUT2D eigenvalue weighted by atomic mass is 10.2. The number of ether oxygens (including phenoxy) is 2. The zero-order chi connectivity index (χ0) is 19.7. The van der Waals surface area contributed by atoms with Crippen LogP contribution < -0.4 is 14.8 Å². The van der Waals surface area contributed by atoms with Gasteiger partial charge >= 0.3 is 6.18 Å². The Labute approximate surface area is 149 Å². The van der Waals surface area contributed by atoms with Crippen LogP contribution >= 0.6 is 0 Å². The fourth-order valence-electron chi connectivity index (χ4n) is 2.34. The van der Waals surface area contributed by atoms with Crippen LogP contribution in [-0.2, 0) is 4.79 Å². The number of carbonyl (C=O) groups excluding carboxylic acids is 1. The first-order valence-electron chi connectivity index (χ1n) is 7.80. The molecule has 26 heavy (non-hydrogen) atoms. The minimum Gasteiger partial charge on any atom is -0.497 e. The Balaban J connectivity index is 0.000000765. The Kier molecular flexibility index (Phi) is 8.21. The molecule has 1 aliphatic rings. The number of alkyl halides is 3. The highest BCUT2D eigenvalue weighted by atomic mass is 19.4. The fraction of sp³-hybridized carbons (Fsp3) is 0.471. The summed E-state index contributed by atoms with van der Waals surface area (Å²) < 4.78 is 57.9. The predicted molar refractivity (Wildman–Crippen MR) is 90.1 cm³/mol. The van der Waals surface area contributed by atoms with E-state index >= 15 is 0 Å². The van der Waals surface area contributed by atoms with Crippen molar-refractivity contribution in [2.75, 3.05) is 32.6 Å². The van der Waals surface area contributed by atoms with Crippen LogP contribution in [0.5, 0.6) is 11.5 Å². The molecule has 1 unspecified atom stereocenters. The highest BCUT2D eigenvalue weighted by molar-refractivity contribution is 5.87. The first kappa shape index (κ1) is 21.6. The second-order valence-electron chi connectivity index (χ2n) is 5.42. The molecule has 1 heterocycles. The quantitative estimate of drug-likeness (QED) is 0.793. The number of anilines is 1. The van der Waals surface area contributed by atoms with E-state index in [1.165, 1.54) is 20.3 Å². The molecule has 146 valence electrons. The largest absolute Gasteiger partial charge is 0.497 e. The number of nitrogens with zero attached hydrogens (tertiary/aromatic N) is 1. The molecule has 1 aromatic carbocycles. The van der Waals surface area contributed by atoms with Gasteiger partial charge in [-0.1, -0.05) is 6.08 Å². The first-order chi connectivity index (χ1) is 12.2. The second-order valence-corrected chi connectivity index (χ2v) is 5.42. The Morgan fingerprint density at radius 1 is 1.23 bits per heavy atom. The van der Waals surface area contributed by atoms with E-state index in [1.54, 1.807) is 25.1 Å². The molecule has 1 aromatic rings. The number of benzene rings is 1. The molecule has 9 heteroatoms. The summed E-state index contributed by atoms with van der Waals surface area (Å²) in [6, 6.07) is 4.29. The first-order valence-corrected chi connectivity index (χ1v) is 7.80. The lowest BCUT2D eigenvalue weighted by Gasteiger charge is -2.19. The van der Waals surface area contributed by atoms with Gasteiger partial charge in [-0.2, -0.15) is 13.2 Å². The Bertz CT molecular complexity index is 594. The zero-order valence-electron chi connectivity index (χ0n) is 14.8. The van der Waals surface area contributed by atoms with Crippen LogP contribution in [0.3, 0.4) is 0 Å². The summed E-state index contributed by atoms with van der Waals surface area (Å²) in [6.45, 7) is 0.489. The number of rotatable bonds is 5. The van der Waals surface area contributed by atoms with E-state index < -0.39 is 24.7 Å². The molecule has 0 aliphatic carbocycles. The lowest BCUT2D eigenvalue weighted by Crippen LogP contribution is -2.39. The van der Waals surface area contributed by atoms with Gasteiger partial charge in [0.1, 0.15) is 24.1 Å². The highest BCUT2D eigenvalue weighted by Crippen LogP contribution is 2.28. The molecular weight excluding hydrogens is 356 g/mol. The topological polar surface area (TPSA) is 50.8 Å². The number of hydrogen-bond donors (Lipinski definition) is 1. The standard InChI is InChI=1S/C14H17F3N2O3.C3H5F/c1-21-10-5-9(6-11(7-10)22-2)18-12-3-4-19(13(12)20)8-14(15,16)17;1-2-3-4/h5-7,12,18H,3-4,8H2,1-2H3;2-3H,1H3/b;3-2-. The number of allylic oxidation sites excluding steroid dienone is 1. The van der Waals surface area contributed by atoms with E-state index in [2.05, 4.69) is 5.32 Å². The molecule has 2 rings (SSSR count). The van der Waals surface area contributed by atoms with Gasteiger partial charge in [0, 0.05) is 30.4 Å². The van der Waals surface area contributed by atoms with E-state index in [0.717, 1.165) is 4.90 Å². The van der Waals surface area contributed by atoms with Gasteiger partial charge in [0.2, 0.25) is 5.91 Å². The zero-order valence-corrected chi connectivity index (χ0v) is 14.8. The average Bonchev–Trinajstić information content (AvgIpc) is 2.93. The summed E-state index contributed by atoms with van der Waals surface area (Å²) in [5.74, 6) is 0.498. The van der Waals surface area contributed by atoms with Crippen molar-refractivity contribution >= 4 is 11.6 Å². The van der Waals surface area contributed by atoms with Gasteiger partial charge in [-0.3, -0.25) is 4.79 Å². The Morgan fingerprint density at radius 2 is 1.77 bits per heavy atom. The molecule has 0 radical (unpaired) electrons. The smallest absolute Gasteiger partial charge is 0.406 e. The summed E-state index contributed by atoms with van der Waals surface area (Å²) >= 11 is 0. The van der Waals surface area contributed by atoms with Crippen molar-refractivity contribution in [2.24, 2.45) is 0 Å². The van der Waals surface area contributed by atoms with Crippen molar-refractivity contribution < 1.29 is 31.8 Å². The SMILES string of the molecule is C/C=C\F.COc1cc(NC2CCN(CC(F)(F)F)C2=O)cc(OC)c1. The van der Waals surface area contributed by atoms with Gasteiger partial charge in [-0.15, -0.1) is 0 Å². The number of hydrogen-bond acceptors (Lipinski definition) is 4. The van der Waals surface area contributed by atoms with Crippen molar-refractivity contribution in [1.82, 2.24) is 4.90 Å². The molecule has 1 amide bonds. The van der Waals surface area contributed by atoms with Crippen molar-refractivity contribution in [3.63, 3.8) is 0 Å². The van der Waals surface area contributed by atoms with Gasteiger partial charge in [-0.05, 0) is 13.3 Å². The normalized spacial score (nSPS) is 17.1. The van der Waals surface area contributed by atoms with Gasteiger partial charge in [0.15, 0.2) is 0 Å². The molecule has 1 atom stereocenters. The second kappa shape index (κ2) is 9.88. The number of likely N-dealkylation sites (tertiary alicyclic amines) is 1. The van der Waals surface area contributed by atoms with Crippen LogP contribution in [0.2, 0.25) is 0 Å². The number of amides is 1. The van der Waals surface area contributed by atoms with Crippen LogP contribution in [0.25, 0.3) is 0 Å². The monoisotopic (exact) mass is 378 g/mol. The number of carbonyl (C=O) groups is 1. The predicted octanol–water partition coefficient (Wildman–Crippen LogP) is 3.77. The van der Waals surface area contributed by atoms with E-state index in [-0.39, 0.29) is 6.54 Å². The van der Waals surface area contributed by atoms with E-state index in [0.29, 0.717) is 29.9 Å². The number of nitrogens with one attached hydrogen (secondary N) is 1. The van der Waals surface area contributed by atoms with Crippen LogP contribution in [0.15, 0.2) is 30.6 Å². The molecule has 0 bridgehead atoms. The Morgan fingerprint density at radius 3 is 2.19 bits per heavy atom. The molecule has 1 N–H and O–H groups in total. The molecule has 1 aliphatic heterocycles. The maximum Gasteiger partial charge on any atom is 0.406 e. The van der Waals surface area contributed by atoms with E-state index in [9.17, 15) is 22.4 Å².